The molecule has 0 heterocycles. The zero-order valence-electron chi connectivity index (χ0n) is 12.7. The summed E-state index contributed by atoms with van der Waals surface area (Å²) in [4.78, 5) is 13.5. The molecule has 0 spiro atoms. The zero-order valence-corrected chi connectivity index (χ0v) is 13.5. The summed E-state index contributed by atoms with van der Waals surface area (Å²) in [5.41, 5.74) is 1.86. The Labute approximate surface area is 131 Å². The normalized spacial score (nSPS) is 12.2. The Morgan fingerprint density at radius 1 is 0.952 bits per heavy atom. The van der Waals surface area contributed by atoms with Crippen LogP contribution in [0.2, 0.25) is 0 Å². The molecule has 2 aromatic rings. The Morgan fingerprint density at radius 3 is 2.24 bits per heavy atom. The molecule has 3 heteroatoms. The molecule has 0 aromatic heterocycles. The molecule has 1 N–H and O–H groups in total. The van der Waals surface area contributed by atoms with E-state index in [1.807, 2.05) is 61.5 Å². The largest absolute Gasteiger partial charge is 0.345 e. The number of benzene rings is 2. The lowest BCUT2D eigenvalue weighted by Crippen LogP contribution is -2.27. The average Bonchev–Trinajstić information content (AvgIpc) is 2.48. The van der Waals surface area contributed by atoms with Crippen LogP contribution in [0, 0.1) is 0 Å². The minimum atomic E-state index is -0.0184. The van der Waals surface area contributed by atoms with Crippen LogP contribution in [0.3, 0.4) is 0 Å². The number of rotatable bonds is 5. The number of hydrogen-bond acceptors (Lipinski definition) is 2. The molecule has 1 atom stereocenters. The van der Waals surface area contributed by atoms with Crippen molar-refractivity contribution in [3.8, 4) is 0 Å². The van der Waals surface area contributed by atoms with Gasteiger partial charge in [-0.15, -0.1) is 11.8 Å². The van der Waals surface area contributed by atoms with E-state index in [0.29, 0.717) is 5.25 Å². The summed E-state index contributed by atoms with van der Waals surface area (Å²) in [7, 11) is 0. The Morgan fingerprint density at radius 2 is 1.57 bits per heavy atom. The second kappa shape index (κ2) is 7.32. The van der Waals surface area contributed by atoms with Crippen LogP contribution in [-0.4, -0.2) is 11.2 Å². The third-order valence-electron chi connectivity index (χ3n) is 3.14. The van der Waals surface area contributed by atoms with Crippen LogP contribution in [0.5, 0.6) is 0 Å². The first-order valence-corrected chi connectivity index (χ1v) is 8.07. The minimum absolute atomic E-state index is 0.00388. The van der Waals surface area contributed by atoms with Crippen molar-refractivity contribution >= 4 is 17.7 Å². The third kappa shape index (κ3) is 4.36. The Bertz CT molecular complexity index is 595. The van der Waals surface area contributed by atoms with Gasteiger partial charge in [-0.1, -0.05) is 56.3 Å². The van der Waals surface area contributed by atoms with Crippen molar-refractivity contribution in [3.63, 3.8) is 0 Å². The molecule has 1 amide bonds. The van der Waals surface area contributed by atoms with E-state index < -0.39 is 0 Å². The average molecular weight is 299 g/mol. The molecule has 110 valence electrons. The van der Waals surface area contributed by atoms with E-state index in [0.717, 1.165) is 16.0 Å². The third-order valence-corrected chi connectivity index (χ3v) is 4.22. The van der Waals surface area contributed by atoms with Crippen LogP contribution in [0.4, 0.5) is 0 Å². The fourth-order valence-electron chi connectivity index (χ4n) is 2.11. The summed E-state index contributed by atoms with van der Waals surface area (Å²) in [5.74, 6) is -0.0184. The first kappa shape index (κ1) is 15.6. The van der Waals surface area contributed by atoms with Crippen LogP contribution in [0.25, 0.3) is 0 Å². The van der Waals surface area contributed by atoms with Crippen molar-refractivity contribution in [1.82, 2.24) is 5.32 Å². The smallest absolute Gasteiger partial charge is 0.252 e. The summed E-state index contributed by atoms with van der Waals surface area (Å²) in [6.45, 7) is 6.27. The van der Waals surface area contributed by atoms with Gasteiger partial charge in [0.2, 0.25) is 0 Å². The van der Waals surface area contributed by atoms with Crippen molar-refractivity contribution < 1.29 is 4.79 Å². The maximum atomic E-state index is 12.5. The van der Waals surface area contributed by atoms with Gasteiger partial charge in [0, 0.05) is 10.1 Å². The lowest BCUT2D eigenvalue weighted by Gasteiger charge is -2.16. The predicted octanol–water partition coefficient (Wildman–Crippen LogP) is 4.68. The second-order valence-corrected chi connectivity index (χ2v) is 6.89. The fourth-order valence-corrected chi connectivity index (χ4v) is 3.06. The van der Waals surface area contributed by atoms with Crippen molar-refractivity contribution in [2.45, 2.75) is 37.0 Å². The molecule has 0 aliphatic heterocycles. The van der Waals surface area contributed by atoms with Gasteiger partial charge in [-0.25, -0.2) is 0 Å². The van der Waals surface area contributed by atoms with Gasteiger partial charge >= 0.3 is 0 Å². The number of hydrogen-bond donors (Lipinski definition) is 1. The molecule has 0 saturated heterocycles. The van der Waals surface area contributed by atoms with Crippen LogP contribution in [0.1, 0.15) is 42.7 Å². The number of nitrogens with one attached hydrogen (secondary N) is 1. The lowest BCUT2D eigenvalue weighted by molar-refractivity contribution is 0.0937. The summed E-state index contributed by atoms with van der Waals surface area (Å²) in [6.07, 6.45) is 0. The fraction of sp³-hybridized carbons (Fsp3) is 0.278. The first-order valence-electron chi connectivity index (χ1n) is 7.19. The van der Waals surface area contributed by atoms with E-state index in [-0.39, 0.29) is 11.9 Å². The van der Waals surface area contributed by atoms with Gasteiger partial charge in [0.15, 0.2) is 0 Å². The molecule has 0 bridgehead atoms. The molecular formula is C18H21NOS. The van der Waals surface area contributed by atoms with Crippen LogP contribution in [0.15, 0.2) is 59.5 Å². The maximum absolute atomic E-state index is 12.5. The van der Waals surface area contributed by atoms with Gasteiger partial charge in [-0.3, -0.25) is 4.79 Å². The van der Waals surface area contributed by atoms with E-state index in [2.05, 4.69) is 19.2 Å². The van der Waals surface area contributed by atoms with Gasteiger partial charge in [-0.2, -0.15) is 0 Å². The first-order chi connectivity index (χ1) is 10.1. The van der Waals surface area contributed by atoms with Crippen LogP contribution < -0.4 is 5.32 Å². The van der Waals surface area contributed by atoms with Crippen molar-refractivity contribution in [2.75, 3.05) is 0 Å². The maximum Gasteiger partial charge on any atom is 0.252 e. The molecule has 2 rings (SSSR count). The van der Waals surface area contributed by atoms with Gasteiger partial charge < -0.3 is 5.32 Å². The highest BCUT2D eigenvalue weighted by Crippen LogP contribution is 2.27. The summed E-state index contributed by atoms with van der Waals surface area (Å²) in [6, 6.07) is 17.8. The Hall–Kier alpha value is -1.74. The Kier molecular flexibility index (Phi) is 5.45. The molecule has 0 aliphatic carbocycles. The molecule has 2 nitrogen and oxygen atoms in total. The van der Waals surface area contributed by atoms with Crippen molar-refractivity contribution in [1.29, 1.82) is 0 Å². The molecule has 1 unspecified atom stereocenters. The highest BCUT2D eigenvalue weighted by molar-refractivity contribution is 8.00. The topological polar surface area (TPSA) is 29.1 Å². The molecule has 0 saturated carbocycles. The van der Waals surface area contributed by atoms with Gasteiger partial charge in [-0.05, 0) is 24.6 Å². The van der Waals surface area contributed by atoms with Gasteiger partial charge in [0.05, 0.1) is 11.6 Å². The standard InChI is InChI=1S/C18H21NOS/c1-13(2)21-17-12-8-7-11-16(17)18(20)19-14(3)15-9-5-4-6-10-15/h4-14H,1-3H3,(H,19,20). The second-order valence-electron chi connectivity index (χ2n) is 5.27. The molecule has 21 heavy (non-hydrogen) atoms. The highest BCUT2D eigenvalue weighted by atomic mass is 32.2. The minimum Gasteiger partial charge on any atom is -0.345 e. The van der Waals surface area contributed by atoms with Crippen molar-refractivity contribution in [3.05, 3.63) is 65.7 Å². The highest BCUT2D eigenvalue weighted by Gasteiger charge is 2.15. The van der Waals surface area contributed by atoms with Crippen LogP contribution >= 0.6 is 11.8 Å². The van der Waals surface area contributed by atoms with Gasteiger partial charge in [0.1, 0.15) is 0 Å². The van der Waals surface area contributed by atoms with Crippen LogP contribution in [-0.2, 0) is 0 Å². The molecule has 0 radical (unpaired) electrons. The zero-order chi connectivity index (χ0) is 15.2. The van der Waals surface area contributed by atoms with E-state index >= 15 is 0 Å². The number of carbonyl (C=O) groups is 1. The molecule has 0 fully saturated rings. The van der Waals surface area contributed by atoms with E-state index in [1.165, 1.54) is 0 Å². The molecular weight excluding hydrogens is 278 g/mol. The van der Waals surface area contributed by atoms with Gasteiger partial charge in [0.25, 0.3) is 5.91 Å². The summed E-state index contributed by atoms with van der Waals surface area (Å²) < 4.78 is 0. The predicted molar refractivity (Wildman–Crippen MR) is 89.8 cm³/mol. The quantitative estimate of drug-likeness (QED) is 0.812. The lowest BCUT2D eigenvalue weighted by atomic mass is 10.1. The monoisotopic (exact) mass is 299 g/mol. The summed E-state index contributed by atoms with van der Waals surface area (Å²) >= 11 is 1.72. The SMILES string of the molecule is CC(C)Sc1ccccc1C(=O)NC(C)c1ccccc1. The van der Waals surface area contributed by atoms with Crippen molar-refractivity contribution in [2.24, 2.45) is 0 Å². The van der Waals surface area contributed by atoms with E-state index in [4.69, 9.17) is 0 Å². The van der Waals surface area contributed by atoms with E-state index in [1.54, 1.807) is 11.8 Å². The number of amides is 1. The van der Waals surface area contributed by atoms with E-state index in [9.17, 15) is 4.79 Å². The number of thioether (sulfide) groups is 1. The molecule has 0 aliphatic rings. The molecule has 2 aromatic carbocycles. The summed E-state index contributed by atoms with van der Waals surface area (Å²) in [5, 5.41) is 3.52. The number of carbonyl (C=O) groups excluding carboxylic acids is 1. The Balaban J connectivity index is 2.14.